The Bertz CT molecular complexity index is 1450. The molecule has 1 amide bonds. The zero-order valence-electron chi connectivity index (χ0n) is 18.3. The summed E-state index contributed by atoms with van der Waals surface area (Å²) in [7, 11) is 0. The van der Waals surface area contributed by atoms with Gasteiger partial charge in [-0.25, -0.2) is 0 Å². The number of anilines is 1. The lowest BCUT2D eigenvalue weighted by Gasteiger charge is -2.17. The molecule has 6 heteroatoms. The van der Waals surface area contributed by atoms with E-state index in [1.54, 1.807) is 4.90 Å². The summed E-state index contributed by atoms with van der Waals surface area (Å²) in [4.78, 5) is 15.6. The van der Waals surface area contributed by atoms with Gasteiger partial charge in [0.05, 0.1) is 10.6 Å². The van der Waals surface area contributed by atoms with E-state index in [0.29, 0.717) is 26.6 Å². The Morgan fingerprint density at radius 3 is 2.50 bits per heavy atom. The molecule has 3 nitrogen and oxygen atoms in total. The van der Waals surface area contributed by atoms with Crippen LogP contribution in [0.3, 0.4) is 0 Å². The van der Waals surface area contributed by atoms with E-state index in [4.69, 9.17) is 28.6 Å². The predicted octanol–water partition coefficient (Wildman–Crippen LogP) is 7.79. The molecule has 0 bridgehead atoms. The van der Waals surface area contributed by atoms with Crippen molar-refractivity contribution in [2.45, 2.75) is 13.5 Å². The summed E-state index contributed by atoms with van der Waals surface area (Å²) >= 11 is 12.9. The number of fused-ring (bicyclic) bond motifs is 1. The molecule has 1 aliphatic rings. The van der Waals surface area contributed by atoms with Crippen LogP contribution in [0.4, 0.5) is 5.69 Å². The lowest BCUT2D eigenvalue weighted by atomic mass is 10.0. The summed E-state index contributed by atoms with van der Waals surface area (Å²) in [5.41, 5.74) is 3.68. The molecule has 34 heavy (non-hydrogen) atoms. The Labute approximate surface area is 213 Å². The Morgan fingerprint density at radius 2 is 1.71 bits per heavy atom. The van der Waals surface area contributed by atoms with Gasteiger partial charge in [-0.3, -0.25) is 9.69 Å². The monoisotopic (exact) mass is 501 g/mol. The fourth-order valence-electron chi connectivity index (χ4n) is 3.91. The minimum absolute atomic E-state index is 0.124. The summed E-state index contributed by atoms with van der Waals surface area (Å²) in [5, 5.41) is 2.77. The number of carbonyl (C=O) groups excluding carboxylic acids is 1. The van der Waals surface area contributed by atoms with Gasteiger partial charge in [0, 0.05) is 10.6 Å². The quantitative estimate of drug-likeness (QED) is 0.206. The van der Waals surface area contributed by atoms with Crippen molar-refractivity contribution in [2.24, 2.45) is 0 Å². The fraction of sp³-hybridized carbons (Fsp3) is 0.0714. The normalized spacial score (nSPS) is 14.9. The summed E-state index contributed by atoms with van der Waals surface area (Å²) in [6.45, 7) is 2.37. The van der Waals surface area contributed by atoms with Crippen molar-refractivity contribution in [1.29, 1.82) is 0 Å². The number of amides is 1. The maximum atomic E-state index is 13.4. The summed E-state index contributed by atoms with van der Waals surface area (Å²) in [6, 6.07) is 27.4. The molecule has 168 valence electrons. The van der Waals surface area contributed by atoms with E-state index in [0.717, 1.165) is 33.2 Å². The van der Waals surface area contributed by atoms with Crippen LogP contribution in [0.5, 0.6) is 5.75 Å². The highest BCUT2D eigenvalue weighted by Crippen LogP contribution is 2.39. The number of hydrogen-bond acceptors (Lipinski definition) is 4. The standard InChI is InChI=1S/C28H20ClNO2S2/c1-18-6-2-5-9-24(18)30-27(31)26(34-28(30)33)16-23-22-8-4-3-7-20(22)12-15-25(23)32-17-19-10-13-21(29)14-11-19/h2-16H,17H2,1H3/b26-16+. The van der Waals surface area contributed by atoms with Crippen molar-refractivity contribution >= 4 is 68.3 Å². The fourth-order valence-corrected chi connectivity index (χ4v) is 5.31. The van der Waals surface area contributed by atoms with Crippen LogP contribution in [0, 0.1) is 6.92 Å². The molecular weight excluding hydrogens is 482 g/mol. The number of aryl methyl sites for hydroxylation is 1. The van der Waals surface area contributed by atoms with Gasteiger partial charge in [-0.05, 0) is 59.2 Å². The van der Waals surface area contributed by atoms with E-state index in [1.807, 2.05) is 97.9 Å². The molecule has 4 aromatic carbocycles. The number of thiocarbonyl (C=S) groups is 1. The highest BCUT2D eigenvalue weighted by atomic mass is 35.5. The van der Waals surface area contributed by atoms with E-state index in [1.165, 1.54) is 11.8 Å². The number of para-hydroxylation sites is 1. The maximum Gasteiger partial charge on any atom is 0.270 e. The highest BCUT2D eigenvalue weighted by molar-refractivity contribution is 8.27. The predicted molar refractivity (Wildman–Crippen MR) is 147 cm³/mol. The van der Waals surface area contributed by atoms with Crippen molar-refractivity contribution < 1.29 is 9.53 Å². The van der Waals surface area contributed by atoms with Gasteiger partial charge in [0.1, 0.15) is 12.4 Å². The molecule has 5 rings (SSSR count). The number of thioether (sulfide) groups is 1. The molecular formula is C28H20ClNO2S2. The van der Waals surface area contributed by atoms with E-state index in [9.17, 15) is 4.79 Å². The maximum absolute atomic E-state index is 13.4. The Balaban J connectivity index is 1.54. The van der Waals surface area contributed by atoms with Crippen LogP contribution in [0.15, 0.2) is 89.8 Å². The minimum Gasteiger partial charge on any atom is -0.488 e. The van der Waals surface area contributed by atoms with Gasteiger partial charge in [0.25, 0.3) is 5.91 Å². The number of hydrogen-bond donors (Lipinski definition) is 0. The molecule has 0 unspecified atom stereocenters. The van der Waals surface area contributed by atoms with E-state index >= 15 is 0 Å². The van der Waals surface area contributed by atoms with Crippen LogP contribution in [-0.4, -0.2) is 10.2 Å². The average Bonchev–Trinajstić information content (AvgIpc) is 3.12. The first-order valence-electron chi connectivity index (χ1n) is 10.7. The van der Waals surface area contributed by atoms with Gasteiger partial charge < -0.3 is 4.74 Å². The smallest absolute Gasteiger partial charge is 0.270 e. The van der Waals surface area contributed by atoms with Gasteiger partial charge >= 0.3 is 0 Å². The summed E-state index contributed by atoms with van der Waals surface area (Å²) in [5.74, 6) is 0.579. The molecule has 0 atom stereocenters. The number of benzene rings is 4. The van der Waals surface area contributed by atoms with Crippen LogP contribution < -0.4 is 9.64 Å². The summed E-state index contributed by atoms with van der Waals surface area (Å²) < 4.78 is 6.74. The largest absolute Gasteiger partial charge is 0.488 e. The van der Waals surface area contributed by atoms with Crippen molar-refractivity contribution in [2.75, 3.05) is 4.90 Å². The number of rotatable bonds is 5. The third-order valence-electron chi connectivity index (χ3n) is 5.66. The van der Waals surface area contributed by atoms with Crippen molar-refractivity contribution in [3.8, 4) is 5.75 Å². The van der Waals surface area contributed by atoms with Gasteiger partial charge in [-0.15, -0.1) is 0 Å². The van der Waals surface area contributed by atoms with Crippen LogP contribution in [0.25, 0.3) is 16.8 Å². The third-order valence-corrected chi connectivity index (χ3v) is 7.22. The molecule has 0 radical (unpaired) electrons. The lowest BCUT2D eigenvalue weighted by molar-refractivity contribution is -0.113. The lowest BCUT2D eigenvalue weighted by Crippen LogP contribution is -2.28. The Morgan fingerprint density at radius 1 is 0.971 bits per heavy atom. The van der Waals surface area contributed by atoms with Crippen molar-refractivity contribution in [1.82, 2.24) is 0 Å². The van der Waals surface area contributed by atoms with Crippen LogP contribution in [0.2, 0.25) is 5.02 Å². The van der Waals surface area contributed by atoms with Crippen molar-refractivity contribution in [3.63, 3.8) is 0 Å². The average molecular weight is 502 g/mol. The van der Waals surface area contributed by atoms with Crippen molar-refractivity contribution in [3.05, 3.63) is 112 Å². The first-order valence-corrected chi connectivity index (χ1v) is 12.3. The van der Waals surface area contributed by atoms with Gasteiger partial charge in [-0.2, -0.15) is 0 Å². The minimum atomic E-state index is -0.124. The molecule has 1 saturated heterocycles. The molecule has 0 N–H and O–H groups in total. The number of ether oxygens (including phenoxy) is 1. The molecule has 0 saturated carbocycles. The van der Waals surface area contributed by atoms with Crippen LogP contribution >= 0.6 is 35.6 Å². The first kappa shape index (κ1) is 22.7. The van der Waals surface area contributed by atoms with E-state index in [2.05, 4.69) is 0 Å². The van der Waals surface area contributed by atoms with Gasteiger partial charge in [-0.1, -0.05) is 96.2 Å². The van der Waals surface area contributed by atoms with Gasteiger partial charge in [0.15, 0.2) is 4.32 Å². The number of halogens is 1. The second kappa shape index (κ2) is 9.63. The molecule has 4 aromatic rings. The zero-order chi connectivity index (χ0) is 23.7. The van der Waals surface area contributed by atoms with E-state index < -0.39 is 0 Å². The van der Waals surface area contributed by atoms with Crippen LogP contribution in [-0.2, 0) is 11.4 Å². The van der Waals surface area contributed by atoms with E-state index in [-0.39, 0.29) is 5.91 Å². The van der Waals surface area contributed by atoms with Gasteiger partial charge in [0.2, 0.25) is 0 Å². The SMILES string of the molecule is Cc1ccccc1N1C(=O)/C(=C\c2c(OCc3ccc(Cl)cc3)ccc3ccccc23)SC1=S. The summed E-state index contributed by atoms with van der Waals surface area (Å²) in [6.07, 6.45) is 1.90. The Hall–Kier alpha value is -3.12. The molecule has 1 aliphatic heterocycles. The first-order chi connectivity index (χ1) is 16.5. The third kappa shape index (κ3) is 4.47. The molecule has 1 heterocycles. The number of nitrogens with zero attached hydrogens (tertiary/aromatic N) is 1. The Kier molecular flexibility index (Phi) is 6.42. The number of carbonyl (C=O) groups is 1. The second-order valence-electron chi connectivity index (χ2n) is 7.92. The highest BCUT2D eigenvalue weighted by Gasteiger charge is 2.34. The molecule has 0 spiro atoms. The molecule has 0 aromatic heterocycles. The second-order valence-corrected chi connectivity index (χ2v) is 10.0. The van der Waals surface area contributed by atoms with Crippen LogP contribution in [0.1, 0.15) is 16.7 Å². The molecule has 1 fully saturated rings. The zero-order valence-corrected chi connectivity index (χ0v) is 20.7. The topological polar surface area (TPSA) is 29.5 Å². The molecule has 0 aliphatic carbocycles.